The molecule has 0 aromatic heterocycles. The molecular weight excluding hydrogens is 222 g/mol. The Hall–Kier alpha value is -1.59. The molecule has 1 aliphatic heterocycles. The zero-order valence-electron chi connectivity index (χ0n) is 9.54. The number of aliphatic carboxylic acids is 1. The summed E-state index contributed by atoms with van der Waals surface area (Å²) in [5.41, 5.74) is 0.709. The van der Waals surface area contributed by atoms with Crippen LogP contribution in [0.1, 0.15) is 11.7 Å². The summed E-state index contributed by atoms with van der Waals surface area (Å²) in [5, 5.41) is 18.9. The standard InChI is InChI=1S/C12H15NO4/c1-13(6-11(14)15)9-7-17-10-5-3-2-4-8(10)12(9)16/h2-5,9,12,16H,6-7H2,1H3,(H,14,15). The van der Waals surface area contributed by atoms with E-state index in [-0.39, 0.29) is 12.6 Å². The topological polar surface area (TPSA) is 70.0 Å². The summed E-state index contributed by atoms with van der Waals surface area (Å²) in [4.78, 5) is 12.2. The van der Waals surface area contributed by atoms with E-state index in [0.717, 1.165) is 0 Å². The Kier molecular flexibility index (Phi) is 3.31. The zero-order valence-corrected chi connectivity index (χ0v) is 9.54. The van der Waals surface area contributed by atoms with Crippen molar-refractivity contribution in [1.29, 1.82) is 0 Å². The van der Waals surface area contributed by atoms with Crippen LogP contribution in [0.4, 0.5) is 0 Å². The van der Waals surface area contributed by atoms with Crippen LogP contribution in [0.5, 0.6) is 5.75 Å². The van der Waals surface area contributed by atoms with Gasteiger partial charge in [-0.15, -0.1) is 0 Å². The Balaban J connectivity index is 2.16. The van der Waals surface area contributed by atoms with Crippen molar-refractivity contribution in [1.82, 2.24) is 4.90 Å². The molecule has 2 N–H and O–H groups in total. The summed E-state index contributed by atoms with van der Waals surface area (Å²) in [5.74, 6) is -0.251. The van der Waals surface area contributed by atoms with Crippen molar-refractivity contribution in [2.75, 3.05) is 20.2 Å². The van der Waals surface area contributed by atoms with Crippen LogP contribution in [0.2, 0.25) is 0 Å². The number of hydrogen-bond donors (Lipinski definition) is 2. The van der Waals surface area contributed by atoms with Gasteiger partial charge in [0.15, 0.2) is 0 Å². The number of likely N-dealkylation sites (N-methyl/N-ethyl adjacent to an activating group) is 1. The van der Waals surface area contributed by atoms with E-state index in [1.807, 2.05) is 12.1 Å². The van der Waals surface area contributed by atoms with Crippen molar-refractivity contribution < 1.29 is 19.7 Å². The molecule has 0 radical (unpaired) electrons. The van der Waals surface area contributed by atoms with E-state index in [9.17, 15) is 9.90 Å². The molecule has 1 aliphatic rings. The quantitative estimate of drug-likeness (QED) is 0.801. The fourth-order valence-electron chi connectivity index (χ4n) is 2.03. The number of nitrogens with zero attached hydrogens (tertiary/aromatic N) is 1. The van der Waals surface area contributed by atoms with Gasteiger partial charge in [-0.3, -0.25) is 9.69 Å². The van der Waals surface area contributed by atoms with Crippen molar-refractivity contribution in [3.8, 4) is 5.75 Å². The third-order valence-corrected chi connectivity index (χ3v) is 2.96. The first-order valence-electron chi connectivity index (χ1n) is 5.41. The number of para-hydroxylation sites is 1. The summed E-state index contributed by atoms with van der Waals surface area (Å²) >= 11 is 0. The molecule has 92 valence electrons. The maximum absolute atomic E-state index is 10.6. The first-order valence-corrected chi connectivity index (χ1v) is 5.41. The van der Waals surface area contributed by atoms with Crippen LogP contribution in [0.25, 0.3) is 0 Å². The van der Waals surface area contributed by atoms with Crippen LogP contribution >= 0.6 is 0 Å². The van der Waals surface area contributed by atoms with Crippen molar-refractivity contribution >= 4 is 5.97 Å². The smallest absolute Gasteiger partial charge is 0.317 e. The molecule has 0 saturated heterocycles. The van der Waals surface area contributed by atoms with Crippen LogP contribution in [0.3, 0.4) is 0 Å². The van der Waals surface area contributed by atoms with E-state index in [2.05, 4.69) is 0 Å². The molecule has 0 amide bonds. The fourth-order valence-corrected chi connectivity index (χ4v) is 2.03. The third kappa shape index (κ3) is 2.40. The van der Waals surface area contributed by atoms with Gasteiger partial charge in [0.1, 0.15) is 18.5 Å². The molecule has 1 aromatic carbocycles. The molecule has 0 fully saturated rings. The molecule has 2 unspecified atom stereocenters. The van der Waals surface area contributed by atoms with Crippen molar-refractivity contribution in [3.05, 3.63) is 29.8 Å². The Morgan fingerprint density at radius 1 is 1.53 bits per heavy atom. The number of hydrogen-bond acceptors (Lipinski definition) is 4. The van der Waals surface area contributed by atoms with Gasteiger partial charge in [0.25, 0.3) is 0 Å². The molecule has 0 aliphatic carbocycles. The molecule has 0 spiro atoms. The average Bonchev–Trinajstić information content (AvgIpc) is 2.28. The summed E-state index contributed by atoms with van der Waals surface area (Å²) < 4.78 is 5.51. The molecule has 0 saturated carbocycles. The first-order chi connectivity index (χ1) is 8.09. The zero-order chi connectivity index (χ0) is 12.4. The third-order valence-electron chi connectivity index (χ3n) is 2.96. The lowest BCUT2D eigenvalue weighted by atomic mass is 9.98. The molecule has 5 nitrogen and oxygen atoms in total. The molecular formula is C12H15NO4. The van der Waals surface area contributed by atoms with Crippen LogP contribution in [0.15, 0.2) is 24.3 Å². The second-order valence-electron chi connectivity index (χ2n) is 4.17. The minimum absolute atomic E-state index is 0.118. The van der Waals surface area contributed by atoms with Gasteiger partial charge in [0, 0.05) is 5.56 Å². The van der Waals surface area contributed by atoms with Crippen molar-refractivity contribution in [3.63, 3.8) is 0 Å². The van der Waals surface area contributed by atoms with Gasteiger partial charge in [-0.1, -0.05) is 18.2 Å². The molecule has 0 bridgehead atoms. The Bertz CT molecular complexity index is 421. The van der Waals surface area contributed by atoms with Gasteiger partial charge in [-0.05, 0) is 13.1 Å². The highest BCUT2D eigenvalue weighted by Crippen LogP contribution is 2.33. The maximum atomic E-state index is 10.6. The predicted molar refractivity (Wildman–Crippen MR) is 61.0 cm³/mol. The highest BCUT2D eigenvalue weighted by atomic mass is 16.5. The highest BCUT2D eigenvalue weighted by molar-refractivity contribution is 5.69. The number of rotatable bonds is 3. The molecule has 1 aromatic rings. The molecule has 2 rings (SSSR count). The van der Waals surface area contributed by atoms with E-state index < -0.39 is 12.1 Å². The fraction of sp³-hybridized carbons (Fsp3) is 0.417. The number of ether oxygens (including phenoxy) is 1. The van der Waals surface area contributed by atoms with Crippen molar-refractivity contribution in [2.45, 2.75) is 12.1 Å². The van der Waals surface area contributed by atoms with Gasteiger partial charge in [0.2, 0.25) is 0 Å². The Morgan fingerprint density at radius 3 is 2.94 bits per heavy atom. The number of carboxylic acid groups (broad SMARTS) is 1. The minimum atomic E-state index is -0.918. The van der Waals surface area contributed by atoms with Gasteiger partial charge in [-0.25, -0.2) is 0 Å². The van der Waals surface area contributed by atoms with Gasteiger partial charge in [0.05, 0.1) is 12.6 Å². The number of benzene rings is 1. The number of carboxylic acids is 1. The van der Waals surface area contributed by atoms with Gasteiger partial charge in [-0.2, -0.15) is 0 Å². The molecule has 1 heterocycles. The molecule has 2 atom stereocenters. The van der Waals surface area contributed by atoms with E-state index in [4.69, 9.17) is 9.84 Å². The SMILES string of the molecule is CN(CC(=O)O)C1COc2ccccc2C1O. The van der Waals surface area contributed by atoms with Crippen LogP contribution in [-0.2, 0) is 4.79 Å². The minimum Gasteiger partial charge on any atom is -0.491 e. The monoisotopic (exact) mass is 237 g/mol. The highest BCUT2D eigenvalue weighted by Gasteiger charge is 2.32. The largest absolute Gasteiger partial charge is 0.491 e. The number of aliphatic hydroxyl groups excluding tert-OH is 1. The number of carbonyl (C=O) groups is 1. The second-order valence-corrected chi connectivity index (χ2v) is 4.17. The maximum Gasteiger partial charge on any atom is 0.317 e. The van der Waals surface area contributed by atoms with E-state index in [1.54, 1.807) is 24.1 Å². The Morgan fingerprint density at radius 2 is 2.24 bits per heavy atom. The van der Waals surface area contributed by atoms with Crippen molar-refractivity contribution in [2.24, 2.45) is 0 Å². The second kappa shape index (κ2) is 4.73. The summed E-state index contributed by atoms with van der Waals surface area (Å²) in [6.07, 6.45) is -0.718. The molecule has 5 heteroatoms. The lowest BCUT2D eigenvalue weighted by molar-refractivity contribution is -0.139. The lowest BCUT2D eigenvalue weighted by Crippen LogP contribution is -2.45. The van der Waals surface area contributed by atoms with Crippen LogP contribution < -0.4 is 4.74 Å². The predicted octanol–water partition coefficient (Wildman–Crippen LogP) is 0.497. The summed E-state index contributed by atoms with van der Waals surface area (Å²) in [7, 11) is 1.67. The van der Waals surface area contributed by atoms with E-state index in [0.29, 0.717) is 17.9 Å². The lowest BCUT2D eigenvalue weighted by Gasteiger charge is -2.35. The Labute approximate surface area is 99.2 Å². The van der Waals surface area contributed by atoms with Gasteiger partial charge >= 0.3 is 5.97 Å². The summed E-state index contributed by atoms with van der Waals surface area (Å²) in [6, 6.07) is 6.92. The summed E-state index contributed by atoms with van der Waals surface area (Å²) in [6.45, 7) is 0.176. The van der Waals surface area contributed by atoms with E-state index in [1.165, 1.54) is 0 Å². The molecule has 17 heavy (non-hydrogen) atoms. The normalized spacial score (nSPS) is 23.0. The van der Waals surface area contributed by atoms with E-state index >= 15 is 0 Å². The average molecular weight is 237 g/mol. The number of aliphatic hydroxyl groups is 1. The van der Waals surface area contributed by atoms with Crippen LogP contribution in [0, 0.1) is 0 Å². The first kappa shape index (κ1) is 11.9. The number of fused-ring (bicyclic) bond motifs is 1. The van der Waals surface area contributed by atoms with Crippen LogP contribution in [-0.4, -0.2) is 47.3 Å². The van der Waals surface area contributed by atoms with Gasteiger partial charge < -0.3 is 14.9 Å².